The number of amides is 1. The van der Waals surface area contributed by atoms with Crippen LogP contribution in [0.25, 0.3) is 10.9 Å². The van der Waals surface area contributed by atoms with E-state index in [0.29, 0.717) is 6.54 Å². The molecule has 1 heterocycles. The van der Waals surface area contributed by atoms with Crippen LogP contribution >= 0.6 is 0 Å². The molecule has 1 aliphatic carbocycles. The van der Waals surface area contributed by atoms with Crippen molar-refractivity contribution in [2.45, 2.75) is 31.6 Å². The highest BCUT2D eigenvalue weighted by Crippen LogP contribution is 2.51. The summed E-state index contributed by atoms with van der Waals surface area (Å²) in [5.74, 6) is -0.300. The van der Waals surface area contributed by atoms with E-state index in [4.69, 9.17) is 0 Å². The van der Waals surface area contributed by atoms with Crippen LogP contribution in [-0.2, 0) is 16.6 Å². The van der Waals surface area contributed by atoms with E-state index in [2.05, 4.69) is 35.4 Å². The largest absolute Gasteiger partial charge is 0.358 e. The lowest BCUT2D eigenvalue weighted by molar-refractivity contribution is -0.120. The molecule has 1 saturated carbocycles. The molecule has 1 fully saturated rings. The van der Waals surface area contributed by atoms with Gasteiger partial charge in [-0.1, -0.05) is 30.3 Å². The van der Waals surface area contributed by atoms with Crippen LogP contribution in [-0.4, -0.2) is 17.4 Å². The second-order valence-electron chi connectivity index (χ2n) is 7.03. The molecular formula is C21H21FN2O. The van der Waals surface area contributed by atoms with Gasteiger partial charge < -0.3 is 10.3 Å². The number of benzene rings is 2. The summed E-state index contributed by atoms with van der Waals surface area (Å²) in [5.41, 5.74) is 4.55. The number of hydrogen-bond donors (Lipinski definition) is 2. The summed E-state index contributed by atoms with van der Waals surface area (Å²) in [6.07, 6.45) is 2.46. The predicted octanol–water partition coefficient (Wildman–Crippen LogP) is 4.01. The third-order valence-electron chi connectivity index (χ3n) is 5.18. The lowest BCUT2D eigenvalue weighted by Crippen LogP contribution is -2.33. The van der Waals surface area contributed by atoms with Gasteiger partial charge in [0.2, 0.25) is 5.91 Å². The van der Waals surface area contributed by atoms with E-state index in [9.17, 15) is 9.18 Å². The van der Waals surface area contributed by atoms with Crippen molar-refractivity contribution >= 4 is 16.8 Å². The van der Waals surface area contributed by atoms with Crippen LogP contribution in [0.1, 0.15) is 29.7 Å². The van der Waals surface area contributed by atoms with E-state index in [-0.39, 0.29) is 23.6 Å². The molecule has 4 heteroatoms. The van der Waals surface area contributed by atoms with Crippen molar-refractivity contribution in [3.8, 4) is 0 Å². The summed E-state index contributed by atoms with van der Waals surface area (Å²) in [5, 5.41) is 4.34. The number of fused-ring (bicyclic) bond motifs is 1. The number of rotatable bonds is 5. The monoisotopic (exact) mass is 336 g/mol. The fourth-order valence-corrected chi connectivity index (χ4v) is 3.74. The van der Waals surface area contributed by atoms with Gasteiger partial charge in [0.25, 0.3) is 0 Å². The number of nitrogens with one attached hydrogen (secondary N) is 2. The van der Waals surface area contributed by atoms with E-state index in [0.717, 1.165) is 23.9 Å². The fourth-order valence-electron chi connectivity index (χ4n) is 3.74. The molecule has 2 aromatic carbocycles. The molecule has 0 bridgehead atoms. The van der Waals surface area contributed by atoms with Crippen LogP contribution in [0.2, 0.25) is 0 Å². The van der Waals surface area contributed by atoms with Crippen molar-refractivity contribution in [1.29, 1.82) is 0 Å². The standard InChI is InChI=1S/C21H21FN2O/c1-14-20(17-4-2-3-5-18(17)24-14)21(10-11-21)13-23-19(25)12-15-6-8-16(22)9-7-15/h2-9,24H,10-13H2,1H3,(H,23,25). The number of aromatic nitrogens is 1. The number of aromatic amines is 1. The Hall–Kier alpha value is -2.62. The molecule has 0 aliphatic heterocycles. The minimum absolute atomic E-state index is 0.0182. The lowest BCUT2D eigenvalue weighted by Gasteiger charge is -2.17. The molecule has 3 aromatic rings. The first-order valence-corrected chi connectivity index (χ1v) is 8.66. The maximum absolute atomic E-state index is 13.0. The van der Waals surface area contributed by atoms with Gasteiger partial charge in [-0.05, 0) is 49.1 Å². The van der Waals surface area contributed by atoms with Crippen LogP contribution < -0.4 is 5.32 Å². The Kier molecular flexibility index (Phi) is 3.83. The number of halogens is 1. The minimum atomic E-state index is -0.282. The van der Waals surface area contributed by atoms with Gasteiger partial charge in [-0.3, -0.25) is 4.79 Å². The first kappa shape index (κ1) is 15.9. The van der Waals surface area contributed by atoms with Gasteiger partial charge in [0.1, 0.15) is 5.82 Å². The van der Waals surface area contributed by atoms with Gasteiger partial charge >= 0.3 is 0 Å². The smallest absolute Gasteiger partial charge is 0.224 e. The Labute approximate surface area is 146 Å². The van der Waals surface area contributed by atoms with Crippen molar-refractivity contribution in [3.05, 3.63) is 71.2 Å². The van der Waals surface area contributed by atoms with E-state index in [1.54, 1.807) is 12.1 Å². The zero-order valence-corrected chi connectivity index (χ0v) is 14.2. The molecule has 0 saturated heterocycles. The zero-order valence-electron chi connectivity index (χ0n) is 14.2. The number of aryl methyl sites for hydroxylation is 1. The topological polar surface area (TPSA) is 44.9 Å². The van der Waals surface area contributed by atoms with Crippen LogP contribution in [0.3, 0.4) is 0 Å². The fraction of sp³-hybridized carbons (Fsp3) is 0.286. The summed E-state index contributed by atoms with van der Waals surface area (Å²) < 4.78 is 13.0. The van der Waals surface area contributed by atoms with E-state index >= 15 is 0 Å². The highest BCUT2D eigenvalue weighted by molar-refractivity contribution is 5.86. The summed E-state index contributed by atoms with van der Waals surface area (Å²) >= 11 is 0. The predicted molar refractivity (Wildman–Crippen MR) is 97.1 cm³/mol. The average Bonchev–Trinajstić information content (AvgIpc) is 3.30. The lowest BCUT2D eigenvalue weighted by atomic mass is 9.93. The SMILES string of the molecule is Cc1[nH]c2ccccc2c1C1(CNC(=O)Cc2ccc(F)cc2)CC1. The molecule has 0 spiro atoms. The molecule has 1 aliphatic rings. The van der Waals surface area contributed by atoms with Crippen molar-refractivity contribution in [2.75, 3.05) is 6.54 Å². The Balaban J connectivity index is 1.47. The second kappa shape index (κ2) is 6.03. The maximum Gasteiger partial charge on any atom is 0.224 e. The Morgan fingerprint density at radius 1 is 1.16 bits per heavy atom. The van der Waals surface area contributed by atoms with Crippen LogP contribution in [0, 0.1) is 12.7 Å². The third-order valence-corrected chi connectivity index (χ3v) is 5.18. The minimum Gasteiger partial charge on any atom is -0.358 e. The molecule has 0 radical (unpaired) electrons. The number of hydrogen-bond acceptors (Lipinski definition) is 1. The molecule has 128 valence electrons. The van der Waals surface area contributed by atoms with Crippen molar-refractivity contribution < 1.29 is 9.18 Å². The molecule has 25 heavy (non-hydrogen) atoms. The van der Waals surface area contributed by atoms with Crippen LogP contribution in [0.15, 0.2) is 48.5 Å². The highest BCUT2D eigenvalue weighted by Gasteiger charge is 2.46. The van der Waals surface area contributed by atoms with E-state index in [1.165, 1.54) is 28.8 Å². The van der Waals surface area contributed by atoms with Crippen LogP contribution in [0.4, 0.5) is 4.39 Å². The van der Waals surface area contributed by atoms with E-state index in [1.807, 2.05) is 6.07 Å². The third kappa shape index (κ3) is 3.04. The van der Waals surface area contributed by atoms with Gasteiger partial charge in [-0.2, -0.15) is 0 Å². The molecule has 3 nitrogen and oxygen atoms in total. The molecule has 0 atom stereocenters. The van der Waals surface area contributed by atoms with Crippen LogP contribution in [0.5, 0.6) is 0 Å². The second-order valence-corrected chi connectivity index (χ2v) is 7.03. The van der Waals surface area contributed by atoms with E-state index < -0.39 is 0 Å². The van der Waals surface area contributed by atoms with Crippen molar-refractivity contribution in [2.24, 2.45) is 0 Å². The van der Waals surface area contributed by atoms with Gasteiger partial charge in [0, 0.05) is 28.6 Å². The highest BCUT2D eigenvalue weighted by atomic mass is 19.1. The zero-order chi connectivity index (χ0) is 17.4. The number of carbonyl (C=O) groups excluding carboxylic acids is 1. The average molecular weight is 336 g/mol. The summed E-state index contributed by atoms with van der Waals surface area (Å²) in [4.78, 5) is 15.7. The molecule has 1 aromatic heterocycles. The van der Waals surface area contributed by atoms with Gasteiger partial charge in [0.05, 0.1) is 6.42 Å². The Morgan fingerprint density at radius 2 is 1.88 bits per heavy atom. The van der Waals surface area contributed by atoms with Crippen molar-refractivity contribution in [3.63, 3.8) is 0 Å². The maximum atomic E-state index is 13.0. The van der Waals surface area contributed by atoms with Crippen molar-refractivity contribution in [1.82, 2.24) is 10.3 Å². The molecule has 4 rings (SSSR count). The Morgan fingerprint density at radius 3 is 2.60 bits per heavy atom. The molecule has 0 unspecified atom stereocenters. The number of para-hydroxylation sites is 1. The summed E-state index contributed by atoms with van der Waals surface area (Å²) in [6.45, 7) is 2.76. The van der Waals surface area contributed by atoms with Gasteiger partial charge in [-0.15, -0.1) is 0 Å². The van der Waals surface area contributed by atoms with Gasteiger partial charge in [0.15, 0.2) is 0 Å². The molecule has 2 N–H and O–H groups in total. The summed E-state index contributed by atoms with van der Waals surface area (Å²) in [6, 6.07) is 14.4. The van der Waals surface area contributed by atoms with Gasteiger partial charge in [-0.25, -0.2) is 4.39 Å². The first-order valence-electron chi connectivity index (χ1n) is 8.66. The first-order chi connectivity index (χ1) is 12.1. The molecular weight excluding hydrogens is 315 g/mol. The quantitative estimate of drug-likeness (QED) is 0.726. The summed E-state index contributed by atoms with van der Waals surface area (Å²) in [7, 11) is 0. The molecule has 1 amide bonds. The number of carbonyl (C=O) groups is 1. The number of H-pyrrole nitrogens is 1. The normalized spacial score (nSPS) is 15.3. The Bertz CT molecular complexity index is 923.